The molecule has 2 N–H and O–H groups in total. The molecular formula is C17H22IN3. The molecule has 0 saturated carbocycles. The normalized spacial score (nSPS) is 11.9. The maximum absolute atomic E-state index is 6.11. The van der Waals surface area contributed by atoms with Crippen LogP contribution in [0.1, 0.15) is 44.8 Å². The van der Waals surface area contributed by atoms with Gasteiger partial charge in [-0.05, 0) is 54.3 Å². The predicted octanol–water partition coefficient (Wildman–Crippen LogP) is 4.19. The van der Waals surface area contributed by atoms with Crippen LogP contribution in [0.25, 0.3) is 0 Å². The van der Waals surface area contributed by atoms with E-state index in [-0.39, 0.29) is 5.41 Å². The van der Waals surface area contributed by atoms with Crippen LogP contribution in [-0.2, 0) is 11.8 Å². The predicted molar refractivity (Wildman–Crippen MR) is 96.3 cm³/mol. The molecule has 3 nitrogen and oxygen atoms in total. The molecule has 1 aromatic carbocycles. The van der Waals surface area contributed by atoms with Gasteiger partial charge in [-0.15, -0.1) is 0 Å². The molecule has 0 radical (unpaired) electrons. The summed E-state index contributed by atoms with van der Waals surface area (Å²) in [6.45, 7) is 8.67. The highest BCUT2D eigenvalue weighted by Gasteiger charge is 2.28. The molecule has 0 unspecified atom stereocenters. The van der Waals surface area contributed by atoms with Gasteiger partial charge in [0, 0.05) is 5.41 Å². The first-order chi connectivity index (χ1) is 9.82. The molecule has 112 valence electrons. The Morgan fingerprint density at radius 2 is 1.76 bits per heavy atom. The Kier molecular flexibility index (Phi) is 4.86. The molecule has 0 fully saturated rings. The first-order valence-corrected chi connectivity index (χ1v) is 8.28. The van der Waals surface area contributed by atoms with Crippen LogP contribution >= 0.6 is 22.6 Å². The number of anilines is 1. The largest absolute Gasteiger partial charge is 0.383 e. The van der Waals surface area contributed by atoms with Crippen LogP contribution in [0, 0.1) is 9.49 Å². The molecule has 0 aliphatic heterocycles. The van der Waals surface area contributed by atoms with E-state index in [4.69, 9.17) is 10.7 Å². The number of aromatic nitrogens is 2. The van der Waals surface area contributed by atoms with E-state index >= 15 is 0 Å². The standard InChI is InChI=1S/C17H22IN3/c1-11(2)10-13-14(18)15(19)21-16(20-13)17(3,4)12-8-6-5-7-9-12/h5-9,11H,10H2,1-4H3,(H2,19,20,21). The van der Waals surface area contributed by atoms with Crippen molar-refractivity contribution in [3.63, 3.8) is 0 Å². The fraction of sp³-hybridized carbons (Fsp3) is 0.412. The van der Waals surface area contributed by atoms with E-state index < -0.39 is 0 Å². The zero-order valence-corrected chi connectivity index (χ0v) is 15.2. The maximum atomic E-state index is 6.11. The lowest BCUT2D eigenvalue weighted by molar-refractivity contribution is 0.571. The minimum absolute atomic E-state index is 0.258. The van der Waals surface area contributed by atoms with Crippen LogP contribution in [0.2, 0.25) is 0 Å². The van der Waals surface area contributed by atoms with Gasteiger partial charge in [0.15, 0.2) is 0 Å². The lowest BCUT2D eigenvalue weighted by atomic mass is 9.83. The molecule has 0 bridgehead atoms. The highest BCUT2D eigenvalue weighted by molar-refractivity contribution is 14.1. The molecule has 4 heteroatoms. The lowest BCUT2D eigenvalue weighted by Crippen LogP contribution is -2.24. The van der Waals surface area contributed by atoms with Crippen molar-refractivity contribution in [2.45, 2.75) is 39.5 Å². The van der Waals surface area contributed by atoms with Crippen molar-refractivity contribution in [1.82, 2.24) is 9.97 Å². The Bertz CT molecular complexity index is 621. The molecule has 0 spiro atoms. The Morgan fingerprint density at radius 1 is 1.14 bits per heavy atom. The summed E-state index contributed by atoms with van der Waals surface area (Å²) in [6, 6.07) is 10.3. The maximum Gasteiger partial charge on any atom is 0.141 e. The average molecular weight is 395 g/mol. The Labute approximate surface area is 140 Å². The fourth-order valence-electron chi connectivity index (χ4n) is 2.30. The van der Waals surface area contributed by atoms with Crippen LogP contribution in [0.4, 0.5) is 5.82 Å². The zero-order chi connectivity index (χ0) is 15.6. The van der Waals surface area contributed by atoms with Gasteiger partial charge in [0.1, 0.15) is 11.6 Å². The molecule has 21 heavy (non-hydrogen) atoms. The molecule has 0 amide bonds. The number of halogens is 1. The number of hydrogen-bond donors (Lipinski definition) is 1. The van der Waals surface area contributed by atoms with Gasteiger partial charge in [-0.2, -0.15) is 0 Å². The summed E-state index contributed by atoms with van der Waals surface area (Å²) in [6.07, 6.45) is 0.920. The van der Waals surface area contributed by atoms with Crippen LogP contribution in [-0.4, -0.2) is 9.97 Å². The van der Waals surface area contributed by atoms with Crippen molar-refractivity contribution >= 4 is 28.4 Å². The summed E-state index contributed by atoms with van der Waals surface area (Å²) in [5.74, 6) is 1.92. The summed E-state index contributed by atoms with van der Waals surface area (Å²) in [5, 5.41) is 0. The van der Waals surface area contributed by atoms with Gasteiger partial charge in [0.2, 0.25) is 0 Å². The van der Waals surface area contributed by atoms with Gasteiger partial charge in [-0.25, -0.2) is 9.97 Å². The van der Waals surface area contributed by atoms with E-state index in [0.717, 1.165) is 21.5 Å². The molecule has 2 rings (SSSR count). The number of hydrogen-bond acceptors (Lipinski definition) is 3. The van der Waals surface area contributed by atoms with Gasteiger partial charge in [-0.1, -0.05) is 44.2 Å². The third kappa shape index (κ3) is 3.54. The third-order valence-electron chi connectivity index (χ3n) is 3.60. The summed E-state index contributed by atoms with van der Waals surface area (Å²) >= 11 is 2.25. The smallest absolute Gasteiger partial charge is 0.141 e. The highest BCUT2D eigenvalue weighted by Crippen LogP contribution is 2.31. The molecule has 2 aromatic rings. The molecule has 0 saturated heterocycles. The van der Waals surface area contributed by atoms with Crippen molar-refractivity contribution in [1.29, 1.82) is 0 Å². The number of rotatable bonds is 4. The summed E-state index contributed by atoms with van der Waals surface area (Å²) in [7, 11) is 0. The first kappa shape index (κ1) is 16.2. The van der Waals surface area contributed by atoms with E-state index in [1.807, 2.05) is 18.2 Å². The minimum atomic E-state index is -0.258. The highest BCUT2D eigenvalue weighted by atomic mass is 127. The van der Waals surface area contributed by atoms with E-state index in [0.29, 0.717) is 11.7 Å². The minimum Gasteiger partial charge on any atom is -0.383 e. The fourth-order valence-corrected chi connectivity index (χ4v) is 2.76. The Morgan fingerprint density at radius 3 is 2.33 bits per heavy atom. The number of nitrogen functional groups attached to an aromatic ring is 1. The van der Waals surface area contributed by atoms with Gasteiger partial charge in [0.05, 0.1) is 9.26 Å². The second-order valence-corrected chi connectivity index (χ2v) is 7.36. The molecule has 1 aromatic heterocycles. The first-order valence-electron chi connectivity index (χ1n) is 7.20. The van der Waals surface area contributed by atoms with Gasteiger partial charge in [-0.3, -0.25) is 0 Å². The van der Waals surface area contributed by atoms with Crippen LogP contribution < -0.4 is 5.73 Å². The average Bonchev–Trinajstić information content (AvgIpc) is 2.44. The van der Waals surface area contributed by atoms with E-state index in [1.165, 1.54) is 5.56 Å². The van der Waals surface area contributed by atoms with Crippen LogP contribution in [0.5, 0.6) is 0 Å². The summed E-state index contributed by atoms with van der Waals surface area (Å²) in [4.78, 5) is 9.37. The summed E-state index contributed by atoms with van der Waals surface area (Å²) < 4.78 is 0.980. The van der Waals surface area contributed by atoms with Gasteiger partial charge >= 0.3 is 0 Å². The number of nitrogens with zero attached hydrogens (tertiary/aromatic N) is 2. The van der Waals surface area contributed by atoms with E-state index in [1.54, 1.807) is 0 Å². The van der Waals surface area contributed by atoms with E-state index in [2.05, 4.69) is 67.4 Å². The quantitative estimate of drug-likeness (QED) is 0.790. The van der Waals surface area contributed by atoms with Gasteiger partial charge in [0.25, 0.3) is 0 Å². The van der Waals surface area contributed by atoms with E-state index in [9.17, 15) is 0 Å². The second-order valence-electron chi connectivity index (χ2n) is 6.28. The van der Waals surface area contributed by atoms with Crippen molar-refractivity contribution < 1.29 is 0 Å². The van der Waals surface area contributed by atoms with Crippen molar-refractivity contribution in [3.8, 4) is 0 Å². The Balaban J connectivity index is 2.51. The van der Waals surface area contributed by atoms with Crippen molar-refractivity contribution in [3.05, 3.63) is 51.0 Å². The topological polar surface area (TPSA) is 51.8 Å². The number of benzene rings is 1. The van der Waals surface area contributed by atoms with Crippen molar-refractivity contribution in [2.75, 3.05) is 5.73 Å². The molecule has 1 heterocycles. The van der Waals surface area contributed by atoms with Crippen LogP contribution in [0.3, 0.4) is 0 Å². The van der Waals surface area contributed by atoms with Crippen LogP contribution in [0.15, 0.2) is 30.3 Å². The zero-order valence-electron chi connectivity index (χ0n) is 13.0. The lowest BCUT2D eigenvalue weighted by Gasteiger charge is -2.25. The Hall–Kier alpha value is -1.17. The third-order valence-corrected chi connectivity index (χ3v) is 4.78. The number of nitrogens with two attached hydrogens (primary N) is 1. The van der Waals surface area contributed by atoms with Crippen molar-refractivity contribution in [2.24, 2.45) is 5.92 Å². The molecular weight excluding hydrogens is 373 g/mol. The molecule has 0 aliphatic carbocycles. The molecule has 0 atom stereocenters. The molecule has 0 aliphatic rings. The summed E-state index contributed by atoms with van der Waals surface area (Å²) in [5.41, 5.74) is 8.10. The van der Waals surface area contributed by atoms with Gasteiger partial charge < -0.3 is 5.73 Å². The second kappa shape index (κ2) is 6.30. The monoisotopic (exact) mass is 395 g/mol. The SMILES string of the molecule is CC(C)Cc1nc(C(C)(C)c2ccccc2)nc(N)c1I.